The number of morpholine rings is 1. The van der Waals surface area contributed by atoms with Crippen molar-refractivity contribution < 1.29 is 9.53 Å². The van der Waals surface area contributed by atoms with Gasteiger partial charge >= 0.3 is 0 Å². The molecule has 1 fully saturated rings. The number of aryl methyl sites for hydroxylation is 1. The molecule has 5 heterocycles. The molecule has 0 atom stereocenters. The summed E-state index contributed by atoms with van der Waals surface area (Å²) in [7, 11) is 0. The number of nitrogens with zero attached hydrogens (tertiary/aromatic N) is 5. The second-order valence-electron chi connectivity index (χ2n) is 7.99. The van der Waals surface area contributed by atoms with E-state index < -0.39 is 0 Å². The Labute approximate surface area is 191 Å². The van der Waals surface area contributed by atoms with Gasteiger partial charge in [0.1, 0.15) is 11.2 Å². The molecule has 0 bridgehead atoms. The first-order chi connectivity index (χ1) is 16.2. The van der Waals surface area contributed by atoms with Crippen LogP contribution in [-0.2, 0) is 9.53 Å². The minimum absolute atomic E-state index is 0.0471. The van der Waals surface area contributed by atoms with Crippen LogP contribution in [0.5, 0.6) is 0 Å². The van der Waals surface area contributed by atoms with Gasteiger partial charge in [0.25, 0.3) is 0 Å². The normalized spacial score (nSPS) is 14.5. The first-order valence-corrected chi connectivity index (χ1v) is 11.0. The SMILES string of the molecule is Cc1cccc(-c2n[nH]cc2-c2ccc3nccc(NC(=O)CCN4CCOCC4)c3n2)n1. The van der Waals surface area contributed by atoms with Gasteiger partial charge in [-0.3, -0.25) is 24.8 Å². The lowest BCUT2D eigenvalue weighted by Crippen LogP contribution is -2.38. The first kappa shape index (κ1) is 21.2. The number of nitrogens with one attached hydrogen (secondary N) is 2. The average Bonchev–Trinajstić information content (AvgIpc) is 3.34. The Morgan fingerprint density at radius 2 is 2.00 bits per heavy atom. The third-order valence-electron chi connectivity index (χ3n) is 5.66. The fraction of sp³-hybridized carbons (Fsp3) is 0.292. The van der Waals surface area contributed by atoms with Crippen molar-refractivity contribution in [3.63, 3.8) is 0 Å². The number of pyridine rings is 3. The summed E-state index contributed by atoms with van der Waals surface area (Å²) in [6.07, 6.45) is 3.90. The summed E-state index contributed by atoms with van der Waals surface area (Å²) in [5.41, 5.74) is 5.98. The Kier molecular flexibility index (Phi) is 6.05. The molecule has 5 rings (SSSR count). The lowest BCUT2D eigenvalue weighted by atomic mass is 10.1. The highest BCUT2D eigenvalue weighted by molar-refractivity contribution is 5.99. The highest BCUT2D eigenvalue weighted by atomic mass is 16.5. The summed E-state index contributed by atoms with van der Waals surface area (Å²) in [6.45, 7) is 5.82. The molecule has 0 aliphatic carbocycles. The molecule has 2 N–H and O–H groups in total. The lowest BCUT2D eigenvalue weighted by molar-refractivity contribution is -0.116. The van der Waals surface area contributed by atoms with Gasteiger partial charge in [0, 0.05) is 49.7 Å². The van der Waals surface area contributed by atoms with Gasteiger partial charge in [0.15, 0.2) is 0 Å². The molecule has 0 spiro atoms. The van der Waals surface area contributed by atoms with E-state index >= 15 is 0 Å². The molecule has 4 aromatic heterocycles. The van der Waals surface area contributed by atoms with Crippen molar-refractivity contribution in [1.82, 2.24) is 30.0 Å². The number of fused-ring (bicyclic) bond motifs is 1. The Balaban J connectivity index is 1.40. The highest BCUT2D eigenvalue weighted by Gasteiger charge is 2.16. The summed E-state index contributed by atoms with van der Waals surface area (Å²) in [5, 5.41) is 10.3. The number of ether oxygens (including phenoxy) is 1. The van der Waals surface area contributed by atoms with Crippen molar-refractivity contribution >= 4 is 22.6 Å². The quantitative estimate of drug-likeness (QED) is 0.471. The van der Waals surface area contributed by atoms with Crippen molar-refractivity contribution in [1.29, 1.82) is 0 Å². The summed E-state index contributed by atoms with van der Waals surface area (Å²) < 4.78 is 5.37. The minimum atomic E-state index is -0.0471. The van der Waals surface area contributed by atoms with E-state index in [0.29, 0.717) is 29.7 Å². The topological polar surface area (TPSA) is 109 Å². The van der Waals surface area contributed by atoms with Crippen LogP contribution in [0.15, 0.2) is 48.8 Å². The Bertz CT molecular complexity index is 1280. The fourth-order valence-electron chi connectivity index (χ4n) is 3.93. The van der Waals surface area contributed by atoms with E-state index in [0.717, 1.165) is 54.6 Å². The van der Waals surface area contributed by atoms with Gasteiger partial charge < -0.3 is 10.1 Å². The van der Waals surface area contributed by atoms with E-state index in [1.165, 1.54) is 0 Å². The number of rotatable bonds is 6. The zero-order valence-electron chi connectivity index (χ0n) is 18.4. The number of aromatic nitrogens is 5. The van der Waals surface area contributed by atoms with Crippen LogP contribution < -0.4 is 5.32 Å². The Morgan fingerprint density at radius 3 is 2.85 bits per heavy atom. The van der Waals surface area contributed by atoms with E-state index in [2.05, 4.69) is 30.4 Å². The molecule has 9 nitrogen and oxygen atoms in total. The van der Waals surface area contributed by atoms with E-state index in [4.69, 9.17) is 9.72 Å². The highest BCUT2D eigenvalue weighted by Crippen LogP contribution is 2.30. The minimum Gasteiger partial charge on any atom is -0.379 e. The third kappa shape index (κ3) is 4.74. The Morgan fingerprint density at radius 1 is 1.12 bits per heavy atom. The predicted octanol–water partition coefficient (Wildman–Crippen LogP) is 3.05. The van der Waals surface area contributed by atoms with Crippen molar-refractivity contribution in [3.05, 3.63) is 54.5 Å². The number of H-pyrrole nitrogens is 1. The molecule has 0 radical (unpaired) electrons. The van der Waals surface area contributed by atoms with E-state index in [-0.39, 0.29) is 5.91 Å². The molecule has 4 aromatic rings. The molecule has 0 saturated carbocycles. The van der Waals surface area contributed by atoms with Crippen LogP contribution in [0.3, 0.4) is 0 Å². The molecule has 1 aliphatic rings. The Hall–Kier alpha value is -3.69. The molecule has 168 valence electrons. The largest absolute Gasteiger partial charge is 0.379 e. The number of anilines is 1. The number of carbonyl (C=O) groups excluding carboxylic acids is 1. The first-order valence-electron chi connectivity index (χ1n) is 11.0. The second-order valence-corrected chi connectivity index (χ2v) is 7.99. The maximum Gasteiger partial charge on any atom is 0.225 e. The van der Waals surface area contributed by atoms with E-state index in [1.54, 1.807) is 12.3 Å². The number of hydrogen-bond acceptors (Lipinski definition) is 7. The van der Waals surface area contributed by atoms with Gasteiger partial charge in [-0.25, -0.2) is 4.98 Å². The van der Waals surface area contributed by atoms with Crippen LogP contribution in [0.2, 0.25) is 0 Å². The monoisotopic (exact) mass is 443 g/mol. The molecule has 0 aromatic carbocycles. The molecule has 0 unspecified atom stereocenters. The van der Waals surface area contributed by atoms with Gasteiger partial charge in [-0.15, -0.1) is 0 Å². The number of amides is 1. The predicted molar refractivity (Wildman–Crippen MR) is 126 cm³/mol. The van der Waals surface area contributed by atoms with Gasteiger partial charge in [-0.1, -0.05) is 6.07 Å². The van der Waals surface area contributed by atoms with Crippen LogP contribution in [0.4, 0.5) is 5.69 Å². The van der Waals surface area contributed by atoms with Gasteiger partial charge in [0.05, 0.1) is 35.8 Å². The number of hydrogen-bond donors (Lipinski definition) is 2. The molecule has 1 amide bonds. The average molecular weight is 444 g/mol. The van der Waals surface area contributed by atoms with Gasteiger partial charge in [-0.05, 0) is 37.3 Å². The zero-order valence-corrected chi connectivity index (χ0v) is 18.4. The van der Waals surface area contributed by atoms with Crippen LogP contribution >= 0.6 is 0 Å². The molecular weight excluding hydrogens is 418 g/mol. The summed E-state index contributed by atoms with van der Waals surface area (Å²) in [5.74, 6) is -0.0471. The van der Waals surface area contributed by atoms with E-state index in [9.17, 15) is 4.79 Å². The molecule has 33 heavy (non-hydrogen) atoms. The van der Waals surface area contributed by atoms with Crippen molar-refractivity contribution in [2.45, 2.75) is 13.3 Å². The standard InChI is InChI=1S/C24H25N7O2/c1-16-3-2-4-20(27-16)23-17(15-26-30-23)18-5-6-19-24(29-18)21(7-9-25-19)28-22(32)8-10-31-11-13-33-14-12-31/h2-7,9,15H,8,10-14H2,1H3,(H,26,30)(H,25,28,32). The lowest BCUT2D eigenvalue weighted by Gasteiger charge is -2.26. The number of aromatic amines is 1. The molecule has 1 saturated heterocycles. The second kappa shape index (κ2) is 9.43. The third-order valence-corrected chi connectivity index (χ3v) is 5.66. The van der Waals surface area contributed by atoms with Gasteiger partial charge in [0.2, 0.25) is 5.91 Å². The summed E-state index contributed by atoms with van der Waals surface area (Å²) >= 11 is 0. The smallest absolute Gasteiger partial charge is 0.225 e. The maximum absolute atomic E-state index is 12.6. The van der Waals surface area contributed by atoms with Crippen molar-refractivity contribution in [2.24, 2.45) is 0 Å². The maximum atomic E-state index is 12.6. The molecule has 1 aliphatic heterocycles. The summed E-state index contributed by atoms with van der Waals surface area (Å²) in [6, 6.07) is 11.4. The van der Waals surface area contributed by atoms with Crippen LogP contribution in [0.1, 0.15) is 12.1 Å². The zero-order chi connectivity index (χ0) is 22.6. The van der Waals surface area contributed by atoms with Crippen LogP contribution in [-0.4, -0.2) is 68.8 Å². The van der Waals surface area contributed by atoms with Crippen molar-refractivity contribution in [3.8, 4) is 22.6 Å². The molecular formula is C24H25N7O2. The van der Waals surface area contributed by atoms with Crippen LogP contribution in [0.25, 0.3) is 33.7 Å². The number of carbonyl (C=O) groups is 1. The van der Waals surface area contributed by atoms with Gasteiger partial charge in [-0.2, -0.15) is 5.10 Å². The van der Waals surface area contributed by atoms with E-state index in [1.807, 2.05) is 43.5 Å². The van der Waals surface area contributed by atoms with Crippen molar-refractivity contribution in [2.75, 3.05) is 38.2 Å². The molecule has 9 heteroatoms. The summed E-state index contributed by atoms with van der Waals surface area (Å²) in [4.78, 5) is 28.7. The fourth-order valence-corrected chi connectivity index (χ4v) is 3.93. The van der Waals surface area contributed by atoms with Crippen LogP contribution in [0, 0.1) is 6.92 Å².